The highest BCUT2D eigenvalue weighted by atomic mass is 35.5. The second kappa shape index (κ2) is 7.93. The maximum Gasteiger partial charge on any atom is 0.274 e. The minimum absolute atomic E-state index is 0.162. The minimum atomic E-state index is -0.408. The van der Waals surface area contributed by atoms with Crippen LogP contribution in [0.3, 0.4) is 0 Å². The van der Waals surface area contributed by atoms with E-state index in [1.54, 1.807) is 24.3 Å². The first-order valence-corrected chi connectivity index (χ1v) is 8.13. The molecule has 0 radical (unpaired) electrons. The number of anilines is 1. The van der Waals surface area contributed by atoms with E-state index in [0.29, 0.717) is 17.3 Å². The number of halogens is 1. The zero-order valence-electron chi connectivity index (χ0n) is 13.9. The number of hydrogen-bond donors (Lipinski definition) is 2. The lowest BCUT2D eigenvalue weighted by molar-refractivity contribution is 0.0948. The number of aromatic nitrogens is 1. The van der Waals surface area contributed by atoms with Crippen LogP contribution in [-0.2, 0) is 0 Å². The second-order valence-electron chi connectivity index (χ2n) is 5.56. The fraction of sp³-hybridized carbons (Fsp3) is 0.278. The number of carbonyl (C=O) groups excluding carboxylic acids is 2. The van der Waals surface area contributed by atoms with Gasteiger partial charge in [0.2, 0.25) is 0 Å². The SMILES string of the molecule is CCCNC(=O)c1cccc(C(=O)Nc2c(C)cc(C)cc2Cl)n1. The second-order valence-corrected chi connectivity index (χ2v) is 5.96. The maximum absolute atomic E-state index is 12.4. The predicted octanol–water partition coefficient (Wildman–Crippen LogP) is 3.74. The Bertz CT molecular complexity index is 752. The van der Waals surface area contributed by atoms with Crippen molar-refractivity contribution in [1.29, 1.82) is 0 Å². The van der Waals surface area contributed by atoms with Crippen LogP contribution in [0.5, 0.6) is 0 Å². The Morgan fingerprint density at radius 1 is 1.12 bits per heavy atom. The number of carbonyl (C=O) groups is 2. The van der Waals surface area contributed by atoms with Crippen molar-refractivity contribution in [2.75, 3.05) is 11.9 Å². The lowest BCUT2D eigenvalue weighted by atomic mass is 10.1. The molecule has 0 aliphatic heterocycles. The number of hydrogen-bond acceptors (Lipinski definition) is 3. The van der Waals surface area contributed by atoms with E-state index in [1.807, 2.05) is 26.8 Å². The van der Waals surface area contributed by atoms with Crippen LogP contribution in [0.1, 0.15) is 45.4 Å². The molecule has 5 nitrogen and oxygen atoms in total. The maximum atomic E-state index is 12.4. The van der Waals surface area contributed by atoms with Crippen molar-refractivity contribution in [3.8, 4) is 0 Å². The quantitative estimate of drug-likeness (QED) is 0.867. The van der Waals surface area contributed by atoms with Crippen LogP contribution in [-0.4, -0.2) is 23.3 Å². The number of rotatable bonds is 5. The molecule has 1 heterocycles. The highest BCUT2D eigenvalue weighted by molar-refractivity contribution is 6.34. The van der Waals surface area contributed by atoms with Crippen molar-refractivity contribution in [3.05, 3.63) is 57.9 Å². The Morgan fingerprint density at radius 3 is 2.42 bits per heavy atom. The van der Waals surface area contributed by atoms with Crippen LogP contribution < -0.4 is 10.6 Å². The summed E-state index contributed by atoms with van der Waals surface area (Å²) in [6.45, 7) is 6.33. The summed E-state index contributed by atoms with van der Waals surface area (Å²) >= 11 is 6.21. The molecule has 2 N–H and O–H groups in total. The largest absolute Gasteiger partial charge is 0.351 e. The molecule has 1 aromatic heterocycles. The van der Waals surface area contributed by atoms with Gasteiger partial charge in [-0.3, -0.25) is 9.59 Å². The zero-order chi connectivity index (χ0) is 17.7. The van der Waals surface area contributed by atoms with Crippen molar-refractivity contribution in [2.45, 2.75) is 27.2 Å². The van der Waals surface area contributed by atoms with E-state index in [-0.39, 0.29) is 17.3 Å². The molecule has 1 aromatic carbocycles. The number of aryl methyl sites for hydroxylation is 2. The summed E-state index contributed by atoms with van der Waals surface area (Å²) in [5.41, 5.74) is 2.81. The molecule has 0 aliphatic rings. The molecule has 0 aliphatic carbocycles. The summed E-state index contributed by atoms with van der Waals surface area (Å²) in [7, 11) is 0. The molecular formula is C18H20ClN3O2. The van der Waals surface area contributed by atoms with Gasteiger partial charge in [0.05, 0.1) is 10.7 Å². The molecular weight excluding hydrogens is 326 g/mol. The standard InChI is InChI=1S/C18H20ClN3O2/c1-4-8-20-17(23)14-6-5-7-15(21-14)18(24)22-16-12(3)9-11(2)10-13(16)19/h5-7,9-10H,4,8H2,1-3H3,(H,20,23)(H,22,24). The predicted molar refractivity (Wildman–Crippen MR) is 95.7 cm³/mol. The molecule has 0 atom stereocenters. The van der Waals surface area contributed by atoms with Gasteiger partial charge in [0.15, 0.2) is 0 Å². The Morgan fingerprint density at radius 2 is 1.79 bits per heavy atom. The van der Waals surface area contributed by atoms with Crippen LogP contribution in [0, 0.1) is 13.8 Å². The van der Waals surface area contributed by atoms with E-state index in [9.17, 15) is 9.59 Å². The molecule has 0 saturated carbocycles. The van der Waals surface area contributed by atoms with Crippen LogP contribution in [0.4, 0.5) is 5.69 Å². The summed E-state index contributed by atoms with van der Waals surface area (Å²) in [5, 5.41) is 5.97. The van der Waals surface area contributed by atoms with Crippen molar-refractivity contribution < 1.29 is 9.59 Å². The van der Waals surface area contributed by atoms with Gasteiger partial charge < -0.3 is 10.6 Å². The first-order valence-electron chi connectivity index (χ1n) is 7.75. The molecule has 0 unspecified atom stereocenters. The fourth-order valence-electron chi connectivity index (χ4n) is 2.27. The van der Waals surface area contributed by atoms with E-state index < -0.39 is 5.91 Å². The van der Waals surface area contributed by atoms with Crippen molar-refractivity contribution in [1.82, 2.24) is 10.3 Å². The normalized spacial score (nSPS) is 10.3. The monoisotopic (exact) mass is 345 g/mol. The molecule has 0 saturated heterocycles. The summed E-state index contributed by atoms with van der Waals surface area (Å²) in [6, 6.07) is 8.48. The van der Waals surface area contributed by atoms with Gasteiger partial charge >= 0.3 is 0 Å². The minimum Gasteiger partial charge on any atom is -0.351 e. The van der Waals surface area contributed by atoms with Crippen LogP contribution in [0.15, 0.2) is 30.3 Å². The van der Waals surface area contributed by atoms with Gasteiger partial charge in [-0.25, -0.2) is 4.98 Å². The fourth-order valence-corrected chi connectivity index (χ4v) is 2.64. The molecule has 2 aromatic rings. The highest BCUT2D eigenvalue weighted by Gasteiger charge is 2.14. The number of pyridine rings is 1. The van der Waals surface area contributed by atoms with Gasteiger partial charge in [0.1, 0.15) is 11.4 Å². The van der Waals surface area contributed by atoms with Gasteiger partial charge in [0.25, 0.3) is 11.8 Å². The number of amides is 2. The molecule has 0 spiro atoms. The molecule has 24 heavy (non-hydrogen) atoms. The number of benzene rings is 1. The number of nitrogens with zero attached hydrogens (tertiary/aromatic N) is 1. The van der Waals surface area contributed by atoms with Crippen molar-refractivity contribution >= 4 is 29.1 Å². The van der Waals surface area contributed by atoms with Crippen LogP contribution in [0.2, 0.25) is 5.02 Å². The van der Waals surface area contributed by atoms with Crippen molar-refractivity contribution in [3.63, 3.8) is 0 Å². The van der Waals surface area contributed by atoms with Crippen LogP contribution in [0.25, 0.3) is 0 Å². The average molecular weight is 346 g/mol. The van der Waals surface area contributed by atoms with Gasteiger partial charge in [-0.15, -0.1) is 0 Å². The number of nitrogens with one attached hydrogen (secondary N) is 2. The molecule has 6 heteroatoms. The smallest absolute Gasteiger partial charge is 0.274 e. The molecule has 2 rings (SSSR count). The molecule has 0 bridgehead atoms. The summed E-state index contributed by atoms with van der Waals surface area (Å²) in [5.74, 6) is -0.704. The van der Waals surface area contributed by atoms with Gasteiger partial charge in [-0.2, -0.15) is 0 Å². The lowest BCUT2D eigenvalue weighted by Gasteiger charge is -2.11. The third-order valence-electron chi connectivity index (χ3n) is 3.42. The van der Waals surface area contributed by atoms with E-state index in [1.165, 1.54) is 0 Å². The Kier molecular flexibility index (Phi) is 5.93. The summed E-state index contributed by atoms with van der Waals surface area (Å²) < 4.78 is 0. The molecule has 126 valence electrons. The summed E-state index contributed by atoms with van der Waals surface area (Å²) in [4.78, 5) is 28.5. The molecule has 2 amide bonds. The third kappa shape index (κ3) is 4.32. The van der Waals surface area contributed by atoms with E-state index in [0.717, 1.165) is 17.5 Å². The lowest BCUT2D eigenvalue weighted by Crippen LogP contribution is -2.26. The summed E-state index contributed by atoms with van der Waals surface area (Å²) in [6.07, 6.45) is 0.830. The topological polar surface area (TPSA) is 71.1 Å². The Hall–Kier alpha value is -2.40. The van der Waals surface area contributed by atoms with E-state index in [2.05, 4.69) is 15.6 Å². The Labute approximate surface area is 146 Å². The van der Waals surface area contributed by atoms with E-state index >= 15 is 0 Å². The van der Waals surface area contributed by atoms with Gasteiger partial charge in [-0.05, 0) is 49.6 Å². The zero-order valence-corrected chi connectivity index (χ0v) is 14.7. The highest BCUT2D eigenvalue weighted by Crippen LogP contribution is 2.27. The van der Waals surface area contributed by atoms with E-state index in [4.69, 9.17) is 11.6 Å². The van der Waals surface area contributed by atoms with Crippen LogP contribution >= 0.6 is 11.6 Å². The Balaban J connectivity index is 2.20. The van der Waals surface area contributed by atoms with Crippen molar-refractivity contribution in [2.24, 2.45) is 0 Å². The first kappa shape index (κ1) is 17.9. The third-order valence-corrected chi connectivity index (χ3v) is 3.72. The molecule has 0 fully saturated rings. The van der Waals surface area contributed by atoms with Gasteiger partial charge in [0, 0.05) is 6.54 Å². The first-order chi connectivity index (χ1) is 11.4. The van der Waals surface area contributed by atoms with Gasteiger partial charge in [-0.1, -0.05) is 30.7 Å². The average Bonchev–Trinajstić information content (AvgIpc) is 2.55.